The summed E-state index contributed by atoms with van der Waals surface area (Å²) in [5, 5.41) is 9.13. The lowest BCUT2D eigenvalue weighted by Gasteiger charge is -2.17. The Morgan fingerprint density at radius 3 is 2.59 bits per heavy atom. The lowest BCUT2D eigenvalue weighted by Crippen LogP contribution is -2.13. The number of anilines is 2. The number of rotatable bonds is 3. The molecule has 114 valence electrons. The van der Waals surface area contributed by atoms with Crippen molar-refractivity contribution in [3.05, 3.63) is 41.2 Å². The zero-order valence-electron chi connectivity index (χ0n) is 13.0. The maximum atomic E-state index is 12.0. The summed E-state index contributed by atoms with van der Waals surface area (Å²) in [4.78, 5) is 14.0. The van der Waals surface area contributed by atoms with Crippen LogP contribution >= 0.6 is 0 Å². The highest BCUT2D eigenvalue weighted by Gasteiger charge is 2.21. The molecule has 0 amide bonds. The maximum absolute atomic E-state index is 12.0. The fraction of sp³-hybridized carbons (Fsp3) is 0.250. The minimum atomic E-state index is -0.576. The lowest BCUT2D eigenvalue weighted by molar-refractivity contribution is 0.0593. The number of esters is 1. The third-order valence-electron chi connectivity index (χ3n) is 3.48. The second kappa shape index (κ2) is 5.82. The van der Waals surface area contributed by atoms with Crippen LogP contribution in [0.2, 0.25) is 0 Å². The van der Waals surface area contributed by atoms with E-state index in [0.717, 1.165) is 16.9 Å². The number of benzene rings is 1. The van der Waals surface area contributed by atoms with Gasteiger partial charge in [0.1, 0.15) is 6.07 Å². The highest BCUT2D eigenvalue weighted by atomic mass is 16.5. The van der Waals surface area contributed by atoms with E-state index in [1.54, 1.807) is 10.8 Å². The van der Waals surface area contributed by atoms with Crippen molar-refractivity contribution in [3.8, 4) is 11.8 Å². The number of nitrogens with zero attached hydrogens (tertiary/aromatic N) is 3. The van der Waals surface area contributed by atoms with E-state index >= 15 is 0 Å². The van der Waals surface area contributed by atoms with E-state index in [4.69, 9.17) is 15.7 Å². The SMILES string of the molecule is COC(=O)c1c(N)c(C#N)cn1-c1ccc(N(C)C)c(C)c1. The van der Waals surface area contributed by atoms with Gasteiger partial charge in [0.05, 0.1) is 18.4 Å². The summed E-state index contributed by atoms with van der Waals surface area (Å²) in [5.74, 6) is -0.576. The summed E-state index contributed by atoms with van der Waals surface area (Å²) in [7, 11) is 5.21. The Labute approximate surface area is 129 Å². The van der Waals surface area contributed by atoms with E-state index in [-0.39, 0.29) is 16.9 Å². The molecular formula is C16H18N4O2. The molecule has 1 aromatic carbocycles. The molecular weight excluding hydrogens is 280 g/mol. The number of methoxy groups -OCH3 is 1. The molecule has 1 aromatic heterocycles. The van der Waals surface area contributed by atoms with Crippen molar-refractivity contribution in [2.75, 3.05) is 31.8 Å². The van der Waals surface area contributed by atoms with E-state index < -0.39 is 5.97 Å². The van der Waals surface area contributed by atoms with Crippen LogP contribution in [-0.2, 0) is 4.74 Å². The topological polar surface area (TPSA) is 84.3 Å². The van der Waals surface area contributed by atoms with E-state index in [1.165, 1.54) is 7.11 Å². The molecule has 2 N–H and O–H groups in total. The summed E-state index contributed by atoms with van der Waals surface area (Å²) in [6.07, 6.45) is 1.55. The lowest BCUT2D eigenvalue weighted by atomic mass is 10.1. The van der Waals surface area contributed by atoms with Crippen LogP contribution in [0.3, 0.4) is 0 Å². The van der Waals surface area contributed by atoms with Crippen LogP contribution in [0, 0.1) is 18.3 Å². The molecule has 0 saturated heterocycles. The molecule has 1 heterocycles. The number of hydrogen-bond acceptors (Lipinski definition) is 5. The molecule has 0 spiro atoms. The summed E-state index contributed by atoms with van der Waals surface area (Å²) < 4.78 is 6.36. The zero-order valence-corrected chi connectivity index (χ0v) is 13.0. The molecule has 0 fully saturated rings. The van der Waals surface area contributed by atoms with Gasteiger partial charge in [-0.15, -0.1) is 0 Å². The predicted molar refractivity (Wildman–Crippen MR) is 85.3 cm³/mol. The number of carbonyl (C=O) groups is 1. The van der Waals surface area contributed by atoms with Crippen LogP contribution in [0.1, 0.15) is 21.6 Å². The van der Waals surface area contributed by atoms with Crippen LogP contribution in [-0.4, -0.2) is 31.7 Å². The number of nitrogens with two attached hydrogens (primary N) is 1. The number of nitrogen functional groups attached to an aromatic ring is 1. The van der Waals surface area contributed by atoms with Gasteiger partial charge in [0.25, 0.3) is 0 Å². The van der Waals surface area contributed by atoms with Crippen LogP contribution in [0.15, 0.2) is 24.4 Å². The first-order valence-electron chi connectivity index (χ1n) is 6.68. The van der Waals surface area contributed by atoms with Crippen LogP contribution in [0.25, 0.3) is 5.69 Å². The minimum Gasteiger partial charge on any atom is -0.464 e. The Hall–Kier alpha value is -2.94. The van der Waals surface area contributed by atoms with Gasteiger partial charge in [-0.3, -0.25) is 0 Å². The first-order chi connectivity index (χ1) is 10.4. The Bertz CT molecular complexity index is 769. The third kappa shape index (κ3) is 2.49. The van der Waals surface area contributed by atoms with Gasteiger partial charge in [0.15, 0.2) is 5.69 Å². The smallest absolute Gasteiger partial charge is 0.357 e. The average molecular weight is 298 g/mol. The number of nitriles is 1. The molecule has 0 unspecified atom stereocenters. The van der Waals surface area contributed by atoms with Gasteiger partial charge in [-0.05, 0) is 30.7 Å². The molecule has 22 heavy (non-hydrogen) atoms. The number of hydrogen-bond donors (Lipinski definition) is 1. The molecule has 6 heteroatoms. The quantitative estimate of drug-likeness (QED) is 0.877. The van der Waals surface area contributed by atoms with Crippen LogP contribution in [0.4, 0.5) is 11.4 Å². The van der Waals surface area contributed by atoms with Crippen LogP contribution in [0.5, 0.6) is 0 Å². The zero-order chi connectivity index (χ0) is 16.4. The molecule has 0 aliphatic rings. The Balaban J connectivity index is 2.65. The Morgan fingerprint density at radius 2 is 2.09 bits per heavy atom. The Kier molecular flexibility index (Phi) is 4.08. The summed E-state index contributed by atoms with van der Waals surface area (Å²) >= 11 is 0. The number of carbonyl (C=O) groups excluding carboxylic acids is 1. The van der Waals surface area contributed by atoms with Crippen molar-refractivity contribution in [1.29, 1.82) is 5.26 Å². The summed E-state index contributed by atoms with van der Waals surface area (Å²) in [6.45, 7) is 1.98. The van der Waals surface area contributed by atoms with E-state index in [9.17, 15) is 4.79 Å². The molecule has 0 saturated carbocycles. The van der Waals surface area contributed by atoms with E-state index in [1.807, 2.05) is 50.2 Å². The maximum Gasteiger partial charge on any atom is 0.357 e. The van der Waals surface area contributed by atoms with Gasteiger partial charge in [-0.25, -0.2) is 4.79 Å². The fourth-order valence-corrected chi connectivity index (χ4v) is 2.41. The minimum absolute atomic E-state index is 0.128. The average Bonchev–Trinajstić information content (AvgIpc) is 2.82. The van der Waals surface area contributed by atoms with Crippen LogP contribution < -0.4 is 10.6 Å². The Morgan fingerprint density at radius 1 is 1.41 bits per heavy atom. The van der Waals surface area contributed by atoms with Crippen molar-refractivity contribution < 1.29 is 9.53 Å². The second-order valence-electron chi connectivity index (χ2n) is 5.14. The monoisotopic (exact) mass is 298 g/mol. The number of aryl methyl sites for hydroxylation is 1. The van der Waals surface area contributed by atoms with Crippen molar-refractivity contribution >= 4 is 17.3 Å². The number of aromatic nitrogens is 1. The van der Waals surface area contributed by atoms with E-state index in [0.29, 0.717) is 0 Å². The first-order valence-corrected chi connectivity index (χ1v) is 6.68. The fourth-order valence-electron chi connectivity index (χ4n) is 2.41. The van der Waals surface area contributed by atoms with Gasteiger partial charge >= 0.3 is 5.97 Å². The van der Waals surface area contributed by atoms with Crippen molar-refractivity contribution in [2.24, 2.45) is 0 Å². The van der Waals surface area contributed by atoms with Gasteiger partial charge in [0, 0.05) is 31.7 Å². The molecule has 0 aliphatic heterocycles. The van der Waals surface area contributed by atoms with Gasteiger partial charge in [-0.2, -0.15) is 5.26 Å². The molecule has 6 nitrogen and oxygen atoms in total. The highest BCUT2D eigenvalue weighted by Crippen LogP contribution is 2.27. The number of ether oxygens (including phenoxy) is 1. The van der Waals surface area contributed by atoms with Gasteiger partial charge < -0.3 is 19.9 Å². The summed E-state index contributed by atoms with van der Waals surface area (Å²) in [6, 6.07) is 7.74. The molecule has 0 atom stereocenters. The first kappa shape index (κ1) is 15.4. The molecule has 0 bridgehead atoms. The highest BCUT2D eigenvalue weighted by molar-refractivity contribution is 5.96. The van der Waals surface area contributed by atoms with Gasteiger partial charge in [0.2, 0.25) is 0 Å². The molecule has 2 aromatic rings. The van der Waals surface area contributed by atoms with Crippen molar-refractivity contribution in [2.45, 2.75) is 6.92 Å². The van der Waals surface area contributed by atoms with Gasteiger partial charge in [-0.1, -0.05) is 0 Å². The normalized spacial score (nSPS) is 10.1. The predicted octanol–water partition coefficient (Wildman–Crippen LogP) is 2.09. The standard InChI is InChI=1S/C16H18N4O2/c1-10-7-12(5-6-13(10)19(2)3)20-9-11(8-17)14(18)15(20)16(21)22-4/h5-7,9H,18H2,1-4H3. The second-order valence-corrected chi connectivity index (χ2v) is 5.14. The third-order valence-corrected chi connectivity index (χ3v) is 3.48. The van der Waals surface area contributed by atoms with E-state index in [2.05, 4.69) is 0 Å². The molecule has 2 rings (SSSR count). The molecule has 0 radical (unpaired) electrons. The molecule has 0 aliphatic carbocycles. The van der Waals surface area contributed by atoms with Crippen molar-refractivity contribution in [1.82, 2.24) is 4.57 Å². The van der Waals surface area contributed by atoms with Crippen molar-refractivity contribution in [3.63, 3.8) is 0 Å². The largest absolute Gasteiger partial charge is 0.464 e. The summed E-state index contributed by atoms with van der Waals surface area (Å²) in [5.41, 5.74) is 9.29.